The molecule has 0 heterocycles. The zero-order valence-electron chi connectivity index (χ0n) is 10.9. The Morgan fingerprint density at radius 2 is 2.26 bits per heavy atom. The van der Waals surface area contributed by atoms with Gasteiger partial charge in [0.1, 0.15) is 5.75 Å². The Bertz CT molecular complexity index is 454. The summed E-state index contributed by atoms with van der Waals surface area (Å²) in [6.07, 6.45) is 0.254. The van der Waals surface area contributed by atoms with Crippen molar-refractivity contribution in [2.75, 3.05) is 13.2 Å². The van der Waals surface area contributed by atoms with Gasteiger partial charge in [0, 0.05) is 12.1 Å². The highest BCUT2D eigenvalue weighted by Crippen LogP contribution is 2.26. The standard InChI is InChI=1S/C14H18N2O3/c1-2-12(17)11-6-3-4-7-13(11)19-10-14(18)16-9-5-8-15/h3-4,6-7,12,17H,2,5,9-10H2,1H3,(H,16,18). The molecule has 0 spiro atoms. The number of carbonyl (C=O) groups excluding carboxylic acids is 1. The lowest BCUT2D eigenvalue weighted by Gasteiger charge is -2.14. The van der Waals surface area contributed by atoms with Gasteiger partial charge in [0.2, 0.25) is 0 Å². The van der Waals surface area contributed by atoms with Crippen LogP contribution >= 0.6 is 0 Å². The molecule has 1 rings (SSSR count). The minimum absolute atomic E-state index is 0.126. The maximum atomic E-state index is 11.4. The van der Waals surface area contributed by atoms with Crippen LogP contribution in [-0.2, 0) is 4.79 Å². The number of hydrogen-bond donors (Lipinski definition) is 2. The second-order valence-electron chi connectivity index (χ2n) is 4.01. The summed E-state index contributed by atoms with van der Waals surface area (Å²) in [5.41, 5.74) is 0.676. The minimum Gasteiger partial charge on any atom is -0.483 e. The molecule has 1 unspecified atom stereocenters. The van der Waals surface area contributed by atoms with E-state index in [9.17, 15) is 9.90 Å². The van der Waals surface area contributed by atoms with Gasteiger partial charge < -0.3 is 15.2 Å². The zero-order chi connectivity index (χ0) is 14.1. The number of aliphatic hydroxyl groups is 1. The molecule has 0 aliphatic carbocycles. The highest BCUT2D eigenvalue weighted by atomic mass is 16.5. The van der Waals surface area contributed by atoms with Crippen LogP contribution in [-0.4, -0.2) is 24.2 Å². The fraction of sp³-hybridized carbons (Fsp3) is 0.429. The van der Waals surface area contributed by atoms with Gasteiger partial charge in [0.15, 0.2) is 6.61 Å². The normalized spacial score (nSPS) is 11.4. The quantitative estimate of drug-likeness (QED) is 0.730. The van der Waals surface area contributed by atoms with Gasteiger partial charge in [-0.3, -0.25) is 4.79 Å². The van der Waals surface area contributed by atoms with Crippen LogP contribution in [0, 0.1) is 11.3 Å². The molecule has 0 saturated carbocycles. The Labute approximate surface area is 112 Å². The number of benzene rings is 1. The van der Waals surface area contributed by atoms with Gasteiger partial charge in [-0.05, 0) is 12.5 Å². The third kappa shape index (κ3) is 4.98. The Hall–Kier alpha value is -2.06. The van der Waals surface area contributed by atoms with E-state index in [0.717, 1.165) is 0 Å². The number of carbonyl (C=O) groups is 1. The first-order chi connectivity index (χ1) is 9.19. The lowest BCUT2D eigenvalue weighted by molar-refractivity contribution is -0.123. The SMILES string of the molecule is CCC(O)c1ccccc1OCC(=O)NCCC#N. The smallest absolute Gasteiger partial charge is 0.257 e. The molecule has 0 saturated heterocycles. The van der Waals surface area contributed by atoms with Crippen LogP contribution in [0.5, 0.6) is 5.75 Å². The third-order valence-electron chi connectivity index (χ3n) is 2.58. The molecule has 1 aromatic rings. The van der Waals surface area contributed by atoms with E-state index >= 15 is 0 Å². The van der Waals surface area contributed by atoms with Crippen molar-refractivity contribution in [1.82, 2.24) is 5.32 Å². The zero-order valence-corrected chi connectivity index (χ0v) is 10.9. The van der Waals surface area contributed by atoms with E-state index in [0.29, 0.717) is 24.3 Å². The van der Waals surface area contributed by atoms with E-state index in [1.165, 1.54) is 0 Å². The molecule has 102 valence electrons. The van der Waals surface area contributed by atoms with Gasteiger partial charge in [0.25, 0.3) is 5.91 Å². The van der Waals surface area contributed by atoms with Crippen molar-refractivity contribution in [2.45, 2.75) is 25.9 Å². The number of rotatable bonds is 7. The number of nitriles is 1. The molecule has 0 aliphatic rings. The molecule has 19 heavy (non-hydrogen) atoms. The monoisotopic (exact) mass is 262 g/mol. The molecular weight excluding hydrogens is 244 g/mol. The molecule has 0 aliphatic heterocycles. The van der Waals surface area contributed by atoms with E-state index in [2.05, 4.69) is 5.32 Å². The van der Waals surface area contributed by atoms with Crippen molar-refractivity contribution >= 4 is 5.91 Å². The number of ether oxygens (including phenoxy) is 1. The molecule has 5 nitrogen and oxygen atoms in total. The topological polar surface area (TPSA) is 82.3 Å². The van der Waals surface area contributed by atoms with Gasteiger partial charge in [-0.15, -0.1) is 0 Å². The number of para-hydroxylation sites is 1. The molecule has 0 bridgehead atoms. The summed E-state index contributed by atoms with van der Waals surface area (Å²) in [6.45, 7) is 2.06. The summed E-state index contributed by atoms with van der Waals surface area (Å²) in [7, 11) is 0. The highest BCUT2D eigenvalue weighted by molar-refractivity contribution is 5.77. The van der Waals surface area contributed by atoms with Crippen LogP contribution in [0.2, 0.25) is 0 Å². The predicted octanol–water partition coefficient (Wildman–Crippen LogP) is 1.54. The number of hydrogen-bond acceptors (Lipinski definition) is 4. The fourth-order valence-corrected chi connectivity index (χ4v) is 1.56. The maximum absolute atomic E-state index is 11.4. The van der Waals surface area contributed by atoms with Gasteiger partial charge in [0.05, 0.1) is 18.6 Å². The van der Waals surface area contributed by atoms with Crippen LogP contribution < -0.4 is 10.1 Å². The molecular formula is C14H18N2O3. The van der Waals surface area contributed by atoms with Gasteiger partial charge in [-0.1, -0.05) is 25.1 Å². The van der Waals surface area contributed by atoms with E-state index in [4.69, 9.17) is 10.00 Å². The summed E-state index contributed by atoms with van der Waals surface area (Å²) in [5, 5.41) is 20.8. The van der Waals surface area contributed by atoms with Crippen molar-refractivity contribution in [3.05, 3.63) is 29.8 Å². The van der Waals surface area contributed by atoms with Crippen LogP contribution in [0.25, 0.3) is 0 Å². The highest BCUT2D eigenvalue weighted by Gasteiger charge is 2.12. The molecule has 0 radical (unpaired) electrons. The average Bonchev–Trinajstić information content (AvgIpc) is 2.45. The summed E-state index contributed by atoms with van der Waals surface area (Å²) in [6, 6.07) is 9.03. The first kappa shape index (κ1) is 15.0. The van der Waals surface area contributed by atoms with Gasteiger partial charge in [-0.2, -0.15) is 5.26 Å². The van der Waals surface area contributed by atoms with E-state index < -0.39 is 6.10 Å². The molecule has 5 heteroatoms. The molecule has 1 amide bonds. The average molecular weight is 262 g/mol. The Morgan fingerprint density at radius 1 is 1.53 bits per heavy atom. The van der Waals surface area contributed by atoms with Crippen LogP contribution in [0.1, 0.15) is 31.4 Å². The molecule has 2 N–H and O–H groups in total. The first-order valence-corrected chi connectivity index (χ1v) is 6.22. The number of nitrogens with zero attached hydrogens (tertiary/aromatic N) is 1. The summed E-state index contributed by atoms with van der Waals surface area (Å²) in [4.78, 5) is 11.4. The van der Waals surface area contributed by atoms with Crippen LogP contribution in [0.4, 0.5) is 0 Å². The third-order valence-corrected chi connectivity index (χ3v) is 2.58. The largest absolute Gasteiger partial charge is 0.483 e. The minimum atomic E-state index is -0.599. The Balaban J connectivity index is 2.53. The fourth-order valence-electron chi connectivity index (χ4n) is 1.56. The van der Waals surface area contributed by atoms with Crippen LogP contribution in [0.3, 0.4) is 0 Å². The lowest BCUT2D eigenvalue weighted by atomic mass is 10.1. The van der Waals surface area contributed by atoms with E-state index in [1.807, 2.05) is 19.1 Å². The summed E-state index contributed by atoms with van der Waals surface area (Å²) in [5.74, 6) is 0.225. The van der Waals surface area contributed by atoms with Crippen molar-refractivity contribution in [3.8, 4) is 11.8 Å². The second-order valence-corrected chi connectivity index (χ2v) is 4.01. The number of aliphatic hydroxyl groups excluding tert-OH is 1. The summed E-state index contributed by atoms with van der Waals surface area (Å²) >= 11 is 0. The Morgan fingerprint density at radius 3 is 2.95 bits per heavy atom. The molecule has 1 atom stereocenters. The second kappa shape index (κ2) is 8.11. The number of amides is 1. The van der Waals surface area contributed by atoms with Crippen LogP contribution in [0.15, 0.2) is 24.3 Å². The molecule has 0 fully saturated rings. The first-order valence-electron chi connectivity index (χ1n) is 6.22. The number of nitrogens with one attached hydrogen (secondary N) is 1. The van der Waals surface area contributed by atoms with Crippen molar-refractivity contribution in [1.29, 1.82) is 5.26 Å². The van der Waals surface area contributed by atoms with E-state index in [-0.39, 0.29) is 18.9 Å². The molecule has 0 aromatic heterocycles. The predicted molar refractivity (Wildman–Crippen MR) is 70.4 cm³/mol. The Kier molecular flexibility index (Phi) is 6.41. The summed E-state index contributed by atoms with van der Waals surface area (Å²) < 4.78 is 5.40. The van der Waals surface area contributed by atoms with Crippen molar-refractivity contribution in [3.63, 3.8) is 0 Å². The van der Waals surface area contributed by atoms with Gasteiger partial charge >= 0.3 is 0 Å². The van der Waals surface area contributed by atoms with E-state index in [1.54, 1.807) is 18.2 Å². The van der Waals surface area contributed by atoms with Crippen molar-refractivity contribution in [2.24, 2.45) is 0 Å². The molecule has 1 aromatic carbocycles. The van der Waals surface area contributed by atoms with Gasteiger partial charge in [-0.25, -0.2) is 0 Å². The maximum Gasteiger partial charge on any atom is 0.257 e. The lowest BCUT2D eigenvalue weighted by Crippen LogP contribution is -2.29. The van der Waals surface area contributed by atoms with Crippen molar-refractivity contribution < 1.29 is 14.6 Å².